The molecule has 0 saturated carbocycles. The van der Waals surface area contributed by atoms with E-state index in [0.717, 1.165) is 13.1 Å². The van der Waals surface area contributed by atoms with Gasteiger partial charge in [-0.25, -0.2) is 0 Å². The normalized spacial score (nSPS) is 10.4. The van der Waals surface area contributed by atoms with Crippen LogP contribution in [0, 0.1) is 0 Å². The molecular formula is C10H18ClN5O. The summed E-state index contributed by atoms with van der Waals surface area (Å²) in [6.07, 6.45) is 0. The fraction of sp³-hybridized carbons (Fsp3) is 0.700. The summed E-state index contributed by atoms with van der Waals surface area (Å²) >= 11 is 5.83. The summed E-state index contributed by atoms with van der Waals surface area (Å²) in [6, 6.07) is 0. The third-order valence-electron chi connectivity index (χ3n) is 2.19. The lowest BCUT2D eigenvalue weighted by Crippen LogP contribution is -2.29. The van der Waals surface area contributed by atoms with E-state index in [-0.39, 0.29) is 5.28 Å². The standard InChI is InChI=1S/C10H18ClN5O/c1-4-16(6-7-17-5-2)10-14-8(11)13-9(12-3)15-10/h4-7H2,1-3H3,(H,12,13,14,15). The molecule has 0 unspecified atom stereocenters. The minimum Gasteiger partial charge on any atom is -0.380 e. The highest BCUT2D eigenvalue weighted by atomic mass is 35.5. The average Bonchev–Trinajstić information content (AvgIpc) is 2.34. The van der Waals surface area contributed by atoms with E-state index in [9.17, 15) is 0 Å². The van der Waals surface area contributed by atoms with Crippen LogP contribution in [0.2, 0.25) is 5.28 Å². The Balaban J connectivity index is 2.76. The van der Waals surface area contributed by atoms with Crippen molar-refractivity contribution in [2.75, 3.05) is 43.6 Å². The quantitative estimate of drug-likeness (QED) is 0.748. The second-order valence-electron chi connectivity index (χ2n) is 3.25. The zero-order valence-electron chi connectivity index (χ0n) is 10.4. The Morgan fingerprint density at radius 2 is 2.06 bits per heavy atom. The molecule has 0 aliphatic heterocycles. The van der Waals surface area contributed by atoms with Crippen LogP contribution in [-0.4, -0.2) is 48.3 Å². The molecule has 0 aliphatic carbocycles. The van der Waals surface area contributed by atoms with Gasteiger partial charge in [0.25, 0.3) is 0 Å². The number of anilines is 2. The van der Waals surface area contributed by atoms with Crippen LogP contribution in [0.1, 0.15) is 13.8 Å². The summed E-state index contributed by atoms with van der Waals surface area (Å²) in [5.41, 5.74) is 0. The molecule has 1 N–H and O–H groups in total. The van der Waals surface area contributed by atoms with Gasteiger partial charge in [0.15, 0.2) is 0 Å². The molecule has 17 heavy (non-hydrogen) atoms. The van der Waals surface area contributed by atoms with Gasteiger partial charge >= 0.3 is 0 Å². The Kier molecular flexibility index (Phi) is 5.93. The smallest absolute Gasteiger partial charge is 0.231 e. The number of likely N-dealkylation sites (N-methyl/N-ethyl adjacent to an activating group) is 1. The van der Waals surface area contributed by atoms with Gasteiger partial charge < -0.3 is 15.0 Å². The summed E-state index contributed by atoms with van der Waals surface area (Å²) < 4.78 is 5.31. The van der Waals surface area contributed by atoms with Crippen molar-refractivity contribution in [1.82, 2.24) is 15.0 Å². The second-order valence-corrected chi connectivity index (χ2v) is 3.59. The van der Waals surface area contributed by atoms with Crippen molar-refractivity contribution in [3.63, 3.8) is 0 Å². The lowest BCUT2D eigenvalue weighted by Gasteiger charge is -2.20. The molecule has 7 heteroatoms. The van der Waals surface area contributed by atoms with Gasteiger partial charge in [-0.05, 0) is 25.4 Å². The fourth-order valence-corrected chi connectivity index (χ4v) is 1.47. The summed E-state index contributed by atoms with van der Waals surface area (Å²) in [6.45, 7) is 6.86. The number of ether oxygens (including phenoxy) is 1. The molecule has 0 aliphatic rings. The van der Waals surface area contributed by atoms with Gasteiger partial charge in [0.05, 0.1) is 6.61 Å². The summed E-state index contributed by atoms with van der Waals surface area (Å²) in [4.78, 5) is 14.3. The largest absolute Gasteiger partial charge is 0.380 e. The Hall–Kier alpha value is -1.14. The van der Waals surface area contributed by atoms with Crippen molar-refractivity contribution in [1.29, 1.82) is 0 Å². The third-order valence-corrected chi connectivity index (χ3v) is 2.36. The zero-order chi connectivity index (χ0) is 12.7. The monoisotopic (exact) mass is 259 g/mol. The van der Waals surface area contributed by atoms with E-state index in [4.69, 9.17) is 16.3 Å². The van der Waals surface area contributed by atoms with Crippen molar-refractivity contribution < 1.29 is 4.74 Å². The molecule has 1 aromatic heterocycles. The van der Waals surface area contributed by atoms with Crippen molar-refractivity contribution in [3.05, 3.63) is 5.28 Å². The lowest BCUT2D eigenvalue weighted by atomic mass is 10.5. The van der Waals surface area contributed by atoms with E-state index in [1.54, 1.807) is 7.05 Å². The Morgan fingerprint density at radius 3 is 2.65 bits per heavy atom. The minimum atomic E-state index is 0.189. The van der Waals surface area contributed by atoms with E-state index in [1.165, 1.54) is 0 Å². The molecule has 6 nitrogen and oxygen atoms in total. The maximum absolute atomic E-state index is 5.83. The zero-order valence-corrected chi connectivity index (χ0v) is 11.2. The molecule has 0 fully saturated rings. The van der Waals surface area contributed by atoms with Crippen molar-refractivity contribution in [3.8, 4) is 0 Å². The summed E-state index contributed by atoms with van der Waals surface area (Å²) in [7, 11) is 1.74. The molecule has 0 amide bonds. The first kappa shape index (κ1) is 13.9. The molecule has 1 heterocycles. The summed E-state index contributed by atoms with van der Waals surface area (Å²) in [5, 5.41) is 3.04. The van der Waals surface area contributed by atoms with Crippen LogP contribution >= 0.6 is 11.6 Å². The minimum absolute atomic E-state index is 0.189. The Bertz CT molecular complexity index is 349. The molecule has 0 radical (unpaired) electrons. The van der Waals surface area contributed by atoms with Crippen molar-refractivity contribution >= 4 is 23.5 Å². The van der Waals surface area contributed by atoms with Crippen molar-refractivity contribution in [2.45, 2.75) is 13.8 Å². The molecule has 0 atom stereocenters. The third kappa shape index (κ3) is 4.32. The highest BCUT2D eigenvalue weighted by molar-refractivity contribution is 6.28. The molecule has 1 aromatic rings. The molecular weight excluding hydrogens is 242 g/mol. The van der Waals surface area contributed by atoms with Gasteiger partial charge in [0.1, 0.15) is 0 Å². The van der Waals surface area contributed by atoms with Crippen LogP contribution in [0.4, 0.5) is 11.9 Å². The van der Waals surface area contributed by atoms with Gasteiger partial charge in [-0.2, -0.15) is 15.0 Å². The van der Waals surface area contributed by atoms with Crippen LogP contribution in [0.15, 0.2) is 0 Å². The van der Waals surface area contributed by atoms with Crippen LogP contribution < -0.4 is 10.2 Å². The molecule has 0 saturated heterocycles. The molecule has 1 rings (SSSR count). The van der Waals surface area contributed by atoms with Gasteiger partial charge in [0, 0.05) is 26.7 Å². The van der Waals surface area contributed by atoms with E-state index < -0.39 is 0 Å². The van der Waals surface area contributed by atoms with Gasteiger partial charge in [-0.3, -0.25) is 0 Å². The highest BCUT2D eigenvalue weighted by Gasteiger charge is 2.10. The molecule has 0 spiro atoms. The summed E-state index contributed by atoms with van der Waals surface area (Å²) in [5.74, 6) is 1.03. The van der Waals surface area contributed by atoms with E-state index in [1.807, 2.05) is 18.7 Å². The highest BCUT2D eigenvalue weighted by Crippen LogP contribution is 2.12. The Morgan fingerprint density at radius 1 is 1.29 bits per heavy atom. The number of halogens is 1. The topological polar surface area (TPSA) is 63.2 Å². The number of nitrogens with one attached hydrogen (secondary N) is 1. The van der Waals surface area contributed by atoms with E-state index >= 15 is 0 Å². The average molecular weight is 260 g/mol. The first-order valence-corrected chi connectivity index (χ1v) is 6.01. The number of aromatic nitrogens is 3. The Labute approximate surface area is 106 Å². The van der Waals surface area contributed by atoms with Gasteiger partial charge in [-0.1, -0.05) is 0 Å². The number of rotatable bonds is 7. The van der Waals surface area contributed by atoms with E-state index in [0.29, 0.717) is 25.1 Å². The van der Waals surface area contributed by atoms with Crippen LogP contribution in [0.25, 0.3) is 0 Å². The molecule has 0 aromatic carbocycles. The lowest BCUT2D eigenvalue weighted by molar-refractivity contribution is 0.153. The van der Waals surface area contributed by atoms with Crippen LogP contribution in [0.3, 0.4) is 0 Å². The molecule has 96 valence electrons. The van der Waals surface area contributed by atoms with E-state index in [2.05, 4.69) is 20.3 Å². The molecule has 0 bridgehead atoms. The van der Waals surface area contributed by atoms with Crippen LogP contribution in [0.5, 0.6) is 0 Å². The first-order chi connectivity index (χ1) is 8.21. The fourth-order valence-electron chi connectivity index (χ4n) is 1.31. The second kappa shape index (κ2) is 7.24. The van der Waals surface area contributed by atoms with Crippen molar-refractivity contribution in [2.24, 2.45) is 0 Å². The number of hydrogen-bond acceptors (Lipinski definition) is 6. The van der Waals surface area contributed by atoms with Gasteiger partial charge in [-0.15, -0.1) is 0 Å². The maximum Gasteiger partial charge on any atom is 0.231 e. The van der Waals surface area contributed by atoms with Gasteiger partial charge in [0.2, 0.25) is 17.2 Å². The number of nitrogens with zero attached hydrogens (tertiary/aromatic N) is 4. The number of hydrogen-bond donors (Lipinski definition) is 1. The maximum atomic E-state index is 5.83. The predicted molar refractivity (Wildman–Crippen MR) is 68.8 cm³/mol. The first-order valence-electron chi connectivity index (χ1n) is 5.63. The van der Waals surface area contributed by atoms with Crippen LogP contribution in [-0.2, 0) is 4.74 Å². The SMILES string of the molecule is CCOCCN(CC)c1nc(Cl)nc(NC)n1. The predicted octanol–water partition coefficient (Wildman–Crippen LogP) is 1.43.